The van der Waals surface area contributed by atoms with Crippen molar-refractivity contribution in [1.29, 1.82) is 0 Å². The summed E-state index contributed by atoms with van der Waals surface area (Å²) in [5.41, 5.74) is 0.894. The summed E-state index contributed by atoms with van der Waals surface area (Å²) < 4.78 is 46.2. The van der Waals surface area contributed by atoms with Gasteiger partial charge in [0.05, 0.1) is 23.6 Å². The van der Waals surface area contributed by atoms with Gasteiger partial charge in [-0.15, -0.1) is 0 Å². The van der Waals surface area contributed by atoms with Crippen molar-refractivity contribution in [3.8, 4) is 0 Å². The number of aliphatic hydroxyl groups is 2. The molecule has 0 aliphatic carbocycles. The highest BCUT2D eigenvalue weighted by Crippen LogP contribution is 2.25. The number of aromatic nitrogens is 1. The normalized spacial score (nSPS) is 24.4. The first kappa shape index (κ1) is 22.7. The monoisotopic (exact) mass is 439 g/mol. The number of aliphatic hydroxyl groups excluding tert-OH is 2. The Morgan fingerprint density at radius 2 is 1.93 bits per heavy atom. The smallest absolute Gasteiger partial charge is 0.240 e. The fourth-order valence-electron chi connectivity index (χ4n) is 3.56. The third-order valence-electron chi connectivity index (χ3n) is 5.20. The highest BCUT2D eigenvalue weighted by Gasteiger charge is 2.45. The molecular formula is C20H26FN3O5S. The van der Waals surface area contributed by atoms with Crippen LogP contribution in [-0.4, -0.2) is 79.6 Å². The topological polar surface area (TPSA) is 112 Å². The first-order chi connectivity index (χ1) is 14.3. The van der Waals surface area contributed by atoms with Gasteiger partial charge in [0.15, 0.2) is 0 Å². The number of sulfonamides is 1. The molecule has 1 saturated heterocycles. The van der Waals surface area contributed by atoms with Crippen LogP contribution in [-0.2, 0) is 21.2 Å². The first-order valence-electron chi connectivity index (χ1n) is 9.61. The molecule has 2 aromatic rings. The zero-order chi connectivity index (χ0) is 21.7. The predicted octanol–water partition coefficient (Wildman–Crippen LogP) is 0.163. The Bertz CT molecular complexity index is 914. The van der Waals surface area contributed by atoms with Gasteiger partial charge in [-0.2, -0.15) is 0 Å². The SMILES string of the molecule is CN(CCc1ccccn1)[C@@H]1[C@H](O)[C@H](CO)O[C@@H]1CNS(=O)(=O)c1ccc(F)cc1. The minimum Gasteiger partial charge on any atom is -0.394 e. The molecule has 1 aliphatic rings. The minimum absolute atomic E-state index is 0.0683. The Labute approximate surface area is 175 Å². The number of hydrogen-bond donors (Lipinski definition) is 3. The molecule has 30 heavy (non-hydrogen) atoms. The molecule has 3 rings (SSSR count). The summed E-state index contributed by atoms with van der Waals surface area (Å²) in [6.07, 6.45) is -0.131. The largest absolute Gasteiger partial charge is 0.394 e. The van der Waals surface area contributed by atoms with Crippen LogP contribution in [0.25, 0.3) is 0 Å². The van der Waals surface area contributed by atoms with Crippen molar-refractivity contribution in [1.82, 2.24) is 14.6 Å². The molecule has 1 aliphatic heterocycles. The van der Waals surface area contributed by atoms with Crippen LogP contribution in [0.3, 0.4) is 0 Å². The lowest BCUT2D eigenvalue weighted by Gasteiger charge is -2.30. The zero-order valence-electron chi connectivity index (χ0n) is 16.6. The van der Waals surface area contributed by atoms with Crippen LogP contribution in [0, 0.1) is 5.82 Å². The Morgan fingerprint density at radius 1 is 1.20 bits per heavy atom. The standard InChI is InChI=1S/C20H26FN3O5S/c1-24(11-9-15-4-2-3-10-22-15)19-17(29-18(13-25)20(19)26)12-23-30(27,28)16-7-5-14(21)6-8-16/h2-8,10,17-20,23,25-26H,9,11-13H2,1H3/t17-,18+,19+,20-/m1/s1. The summed E-state index contributed by atoms with van der Waals surface area (Å²) in [6.45, 7) is 0.0697. The van der Waals surface area contributed by atoms with Crippen molar-refractivity contribution in [2.24, 2.45) is 0 Å². The van der Waals surface area contributed by atoms with E-state index in [4.69, 9.17) is 4.74 Å². The Kier molecular flexibility index (Phi) is 7.50. The van der Waals surface area contributed by atoms with E-state index in [1.165, 1.54) is 12.1 Å². The van der Waals surface area contributed by atoms with E-state index in [1.54, 1.807) is 13.2 Å². The lowest BCUT2D eigenvalue weighted by Crippen LogP contribution is -2.50. The minimum atomic E-state index is -3.88. The maximum absolute atomic E-state index is 13.1. The quantitative estimate of drug-likeness (QED) is 0.510. The number of ether oxygens (including phenoxy) is 1. The zero-order valence-corrected chi connectivity index (χ0v) is 17.4. The van der Waals surface area contributed by atoms with Crippen LogP contribution < -0.4 is 4.72 Å². The summed E-state index contributed by atoms with van der Waals surface area (Å²) in [5, 5.41) is 20.1. The van der Waals surface area contributed by atoms with Crippen LogP contribution in [0.4, 0.5) is 4.39 Å². The number of benzene rings is 1. The number of pyridine rings is 1. The van der Waals surface area contributed by atoms with Gasteiger partial charge in [0.2, 0.25) is 10.0 Å². The van der Waals surface area contributed by atoms with Gasteiger partial charge in [0.25, 0.3) is 0 Å². The molecule has 1 aromatic heterocycles. The molecule has 0 radical (unpaired) electrons. The van der Waals surface area contributed by atoms with Gasteiger partial charge in [-0.25, -0.2) is 17.5 Å². The maximum atomic E-state index is 13.1. The van der Waals surface area contributed by atoms with Gasteiger partial charge in [-0.05, 0) is 43.4 Å². The van der Waals surface area contributed by atoms with E-state index in [-0.39, 0.29) is 18.0 Å². The predicted molar refractivity (Wildman–Crippen MR) is 108 cm³/mol. The number of hydrogen-bond acceptors (Lipinski definition) is 7. The Morgan fingerprint density at radius 3 is 2.57 bits per heavy atom. The lowest BCUT2D eigenvalue weighted by molar-refractivity contribution is -0.0201. The van der Waals surface area contributed by atoms with E-state index < -0.39 is 40.2 Å². The summed E-state index contributed by atoms with van der Waals surface area (Å²) in [7, 11) is -2.07. The molecule has 10 heteroatoms. The van der Waals surface area contributed by atoms with Gasteiger partial charge in [0.1, 0.15) is 18.0 Å². The summed E-state index contributed by atoms with van der Waals surface area (Å²) in [6, 6.07) is 9.59. The van der Waals surface area contributed by atoms with E-state index in [1.807, 2.05) is 23.1 Å². The second-order valence-electron chi connectivity index (χ2n) is 7.23. The van der Waals surface area contributed by atoms with E-state index in [2.05, 4.69) is 9.71 Å². The molecule has 0 saturated carbocycles. The molecular weight excluding hydrogens is 413 g/mol. The van der Waals surface area contributed by atoms with Gasteiger partial charge in [-0.3, -0.25) is 9.88 Å². The fraction of sp³-hybridized carbons (Fsp3) is 0.450. The number of rotatable bonds is 9. The molecule has 0 amide bonds. The van der Waals surface area contributed by atoms with Crippen molar-refractivity contribution in [2.45, 2.75) is 35.7 Å². The van der Waals surface area contributed by atoms with Gasteiger partial charge in [-0.1, -0.05) is 6.07 Å². The van der Waals surface area contributed by atoms with Crippen LogP contribution in [0.2, 0.25) is 0 Å². The molecule has 4 atom stereocenters. The first-order valence-corrected chi connectivity index (χ1v) is 11.1. The average Bonchev–Trinajstić information content (AvgIpc) is 3.07. The molecule has 1 aromatic carbocycles. The summed E-state index contributed by atoms with van der Waals surface area (Å²) in [4.78, 5) is 6.09. The van der Waals surface area contributed by atoms with Crippen LogP contribution >= 0.6 is 0 Å². The summed E-state index contributed by atoms with van der Waals surface area (Å²) >= 11 is 0. The van der Waals surface area contributed by atoms with Gasteiger partial charge in [0, 0.05) is 31.4 Å². The third kappa shape index (κ3) is 5.39. The second-order valence-corrected chi connectivity index (χ2v) is 9.00. The van der Waals surface area contributed by atoms with Crippen LogP contribution in [0.5, 0.6) is 0 Å². The fourth-order valence-corrected chi connectivity index (χ4v) is 4.61. The van der Waals surface area contributed by atoms with Crippen LogP contribution in [0.15, 0.2) is 53.6 Å². The van der Waals surface area contributed by atoms with Crippen molar-refractivity contribution >= 4 is 10.0 Å². The second kappa shape index (κ2) is 9.90. The van der Waals surface area contributed by atoms with Crippen molar-refractivity contribution in [3.63, 3.8) is 0 Å². The molecule has 1 fully saturated rings. The number of nitrogens with one attached hydrogen (secondary N) is 1. The lowest BCUT2D eigenvalue weighted by atomic mass is 10.0. The van der Waals surface area contributed by atoms with Crippen LogP contribution in [0.1, 0.15) is 5.69 Å². The Hall–Kier alpha value is -1.95. The van der Waals surface area contributed by atoms with E-state index in [0.717, 1.165) is 17.8 Å². The highest BCUT2D eigenvalue weighted by molar-refractivity contribution is 7.89. The average molecular weight is 440 g/mol. The van der Waals surface area contributed by atoms with Crippen molar-refractivity contribution in [2.75, 3.05) is 26.7 Å². The van der Waals surface area contributed by atoms with Gasteiger partial charge < -0.3 is 14.9 Å². The number of likely N-dealkylation sites (N-methyl/N-ethyl adjacent to an activating group) is 1. The van der Waals surface area contributed by atoms with Crippen molar-refractivity contribution in [3.05, 3.63) is 60.2 Å². The molecule has 0 spiro atoms. The molecule has 2 heterocycles. The summed E-state index contributed by atoms with van der Waals surface area (Å²) in [5.74, 6) is -0.531. The molecule has 0 bridgehead atoms. The van der Waals surface area contributed by atoms with Gasteiger partial charge >= 0.3 is 0 Å². The van der Waals surface area contributed by atoms with E-state index >= 15 is 0 Å². The number of nitrogens with zero attached hydrogens (tertiary/aromatic N) is 2. The molecule has 0 unspecified atom stereocenters. The third-order valence-corrected chi connectivity index (χ3v) is 6.63. The molecule has 3 N–H and O–H groups in total. The Balaban J connectivity index is 1.67. The van der Waals surface area contributed by atoms with Crippen molar-refractivity contribution < 1.29 is 27.8 Å². The van der Waals surface area contributed by atoms with E-state index in [9.17, 15) is 23.0 Å². The van der Waals surface area contributed by atoms with E-state index in [0.29, 0.717) is 13.0 Å². The maximum Gasteiger partial charge on any atom is 0.240 e. The highest BCUT2D eigenvalue weighted by atomic mass is 32.2. The molecule has 8 nitrogen and oxygen atoms in total. The molecule has 164 valence electrons. The number of halogens is 1.